The first-order valence-corrected chi connectivity index (χ1v) is 8.84. The van der Waals surface area contributed by atoms with Crippen LogP contribution in [0.4, 0.5) is 0 Å². The molecule has 0 fully saturated rings. The van der Waals surface area contributed by atoms with E-state index < -0.39 is 0 Å². The van der Waals surface area contributed by atoms with Crippen LogP contribution in [0.25, 0.3) is 0 Å². The Hall–Kier alpha value is -3.67. The lowest BCUT2D eigenvalue weighted by Crippen LogP contribution is -2.25. The summed E-state index contributed by atoms with van der Waals surface area (Å²) in [5.41, 5.74) is 5.16. The van der Waals surface area contributed by atoms with E-state index in [1.807, 2.05) is 61.5 Å². The van der Waals surface area contributed by atoms with Crippen LogP contribution in [-0.4, -0.2) is 23.2 Å². The number of aromatic nitrogens is 1. The molecule has 1 aromatic heterocycles. The van der Waals surface area contributed by atoms with Crippen molar-refractivity contribution in [3.63, 3.8) is 0 Å². The number of nitrogens with zero attached hydrogens (tertiary/aromatic N) is 2. The molecule has 3 aromatic rings. The lowest BCUT2D eigenvalue weighted by atomic mass is 10.2. The summed E-state index contributed by atoms with van der Waals surface area (Å²) in [6.45, 7) is 2.18. The third kappa shape index (κ3) is 5.95. The fourth-order valence-electron chi connectivity index (χ4n) is 2.36. The summed E-state index contributed by atoms with van der Waals surface area (Å²) in [6.07, 6.45) is 3.35. The summed E-state index contributed by atoms with van der Waals surface area (Å²) in [4.78, 5) is 15.8. The molecule has 0 aliphatic rings. The summed E-state index contributed by atoms with van der Waals surface area (Å²) in [5, 5.41) is 4.06. The Morgan fingerprint density at radius 2 is 1.57 bits per heavy atom. The Labute approximate surface area is 163 Å². The van der Waals surface area contributed by atoms with Gasteiger partial charge >= 0.3 is 0 Å². The highest BCUT2D eigenvalue weighted by Crippen LogP contribution is 2.18. The van der Waals surface area contributed by atoms with Crippen molar-refractivity contribution in [2.24, 2.45) is 5.10 Å². The molecule has 0 unspecified atom stereocenters. The van der Waals surface area contributed by atoms with Crippen LogP contribution in [0, 0.1) is 0 Å². The van der Waals surface area contributed by atoms with Gasteiger partial charge in [-0.15, -0.1) is 0 Å². The molecular weight excluding hydrogens is 354 g/mol. The van der Waals surface area contributed by atoms with Gasteiger partial charge in [-0.2, -0.15) is 5.10 Å². The van der Waals surface area contributed by atoms with Gasteiger partial charge in [-0.05, 0) is 48.9 Å². The van der Waals surface area contributed by atoms with E-state index in [9.17, 15) is 4.79 Å². The van der Waals surface area contributed by atoms with Gasteiger partial charge in [-0.25, -0.2) is 5.43 Å². The Bertz CT molecular complexity index is 911. The number of rotatable bonds is 8. The third-order valence-corrected chi connectivity index (χ3v) is 3.89. The molecular formula is C22H21N3O3. The number of pyridine rings is 1. The average Bonchev–Trinajstić information content (AvgIpc) is 2.76. The van der Waals surface area contributed by atoms with Gasteiger partial charge in [-0.3, -0.25) is 9.78 Å². The van der Waals surface area contributed by atoms with Crippen molar-refractivity contribution < 1.29 is 14.3 Å². The minimum absolute atomic E-state index is 0.128. The molecule has 6 heteroatoms. The Balaban J connectivity index is 1.43. The van der Waals surface area contributed by atoms with Crippen LogP contribution in [0.3, 0.4) is 0 Å². The second kappa shape index (κ2) is 9.87. The predicted octanol–water partition coefficient (Wildman–Crippen LogP) is 3.58. The van der Waals surface area contributed by atoms with E-state index in [0.29, 0.717) is 18.1 Å². The van der Waals surface area contributed by atoms with E-state index in [1.165, 1.54) is 0 Å². The fourth-order valence-corrected chi connectivity index (χ4v) is 2.36. The Kier molecular flexibility index (Phi) is 6.73. The van der Waals surface area contributed by atoms with Crippen molar-refractivity contribution in [1.82, 2.24) is 10.4 Å². The van der Waals surface area contributed by atoms with E-state index in [0.717, 1.165) is 16.9 Å². The first-order chi connectivity index (χ1) is 13.7. The molecule has 28 heavy (non-hydrogen) atoms. The zero-order chi connectivity index (χ0) is 19.6. The molecule has 0 aliphatic carbocycles. The van der Waals surface area contributed by atoms with Crippen LogP contribution in [0.5, 0.6) is 11.5 Å². The number of hydrogen-bond donors (Lipinski definition) is 1. The molecule has 0 saturated heterocycles. The number of ether oxygens (including phenoxy) is 2. The van der Waals surface area contributed by atoms with Crippen LogP contribution >= 0.6 is 0 Å². The maximum absolute atomic E-state index is 11.9. The number of carbonyl (C=O) groups excluding carboxylic acids is 1. The van der Waals surface area contributed by atoms with Crippen LogP contribution in [-0.2, 0) is 11.4 Å². The monoisotopic (exact) mass is 375 g/mol. The van der Waals surface area contributed by atoms with Crippen molar-refractivity contribution in [1.29, 1.82) is 0 Å². The van der Waals surface area contributed by atoms with Gasteiger partial charge in [0.1, 0.15) is 18.1 Å². The van der Waals surface area contributed by atoms with Crippen LogP contribution < -0.4 is 14.9 Å². The molecule has 3 rings (SSSR count). The van der Waals surface area contributed by atoms with Crippen molar-refractivity contribution in [3.05, 3.63) is 90.3 Å². The third-order valence-electron chi connectivity index (χ3n) is 3.89. The first-order valence-electron chi connectivity index (χ1n) is 8.84. The summed E-state index contributed by atoms with van der Waals surface area (Å²) < 4.78 is 11.2. The number of benzene rings is 2. The van der Waals surface area contributed by atoms with Gasteiger partial charge < -0.3 is 9.47 Å². The maximum atomic E-state index is 11.9. The van der Waals surface area contributed by atoms with E-state index in [4.69, 9.17) is 9.47 Å². The second-order valence-corrected chi connectivity index (χ2v) is 6.00. The lowest BCUT2D eigenvalue weighted by molar-refractivity contribution is -0.123. The molecule has 0 radical (unpaired) electrons. The van der Waals surface area contributed by atoms with Crippen LogP contribution in [0.2, 0.25) is 0 Å². The molecule has 0 bridgehead atoms. The first kappa shape index (κ1) is 19.1. The standard InChI is InChI=1S/C22H21N3O3/c1-17(19-11-13-23-14-12-19)24-25-22(26)16-28-21-9-7-20(8-10-21)27-15-18-5-3-2-4-6-18/h2-14H,15-16H2,1H3,(H,25,26). The molecule has 0 atom stereocenters. The number of hydrogen-bond acceptors (Lipinski definition) is 5. The topological polar surface area (TPSA) is 72.8 Å². The minimum atomic E-state index is -0.335. The highest BCUT2D eigenvalue weighted by Gasteiger charge is 2.04. The minimum Gasteiger partial charge on any atom is -0.489 e. The highest BCUT2D eigenvalue weighted by molar-refractivity contribution is 5.99. The lowest BCUT2D eigenvalue weighted by Gasteiger charge is -2.08. The fraction of sp³-hybridized carbons (Fsp3) is 0.136. The summed E-state index contributed by atoms with van der Waals surface area (Å²) in [6, 6.07) is 20.7. The van der Waals surface area contributed by atoms with Gasteiger partial charge in [0, 0.05) is 18.0 Å². The normalized spacial score (nSPS) is 11.0. The van der Waals surface area contributed by atoms with E-state index in [2.05, 4.69) is 15.5 Å². The molecule has 0 spiro atoms. The van der Waals surface area contributed by atoms with Gasteiger partial charge in [0.25, 0.3) is 5.91 Å². The SMILES string of the molecule is CC(=NNC(=O)COc1ccc(OCc2ccccc2)cc1)c1ccncc1. The van der Waals surface area contributed by atoms with Crippen molar-refractivity contribution in [3.8, 4) is 11.5 Å². The van der Waals surface area contributed by atoms with Gasteiger partial charge in [0.15, 0.2) is 6.61 Å². The van der Waals surface area contributed by atoms with Crippen molar-refractivity contribution >= 4 is 11.6 Å². The van der Waals surface area contributed by atoms with Gasteiger partial charge in [0.2, 0.25) is 0 Å². The van der Waals surface area contributed by atoms with Crippen LogP contribution in [0.1, 0.15) is 18.1 Å². The van der Waals surface area contributed by atoms with Gasteiger partial charge in [-0.1, -0.05) is 30.3 Å². The highest BCUT2D eigenvalue weighted by atomic mass is 16.5. The van der Waals surface area contributed by atoms with E-state index in [-0.39, 0.29) is 12.5 Å². The number of nitrogens with one attached hydrogen (secondary N) is 1. The van der Waals surface area contributed by atoms with Crippen molar-refractivity contribution in [2.75, 3.05) is 6.61 Å². The zero-order valence-electron chi connectivity index (χ0n) is 15.5. The van der Waals surface area contributed by atoms with E-state index in [1.54, 1.807) is 24.5 Å². The molecule has 0 saturated carbocycles. The van der Waals surface area contributed by atoms with E-state index >= 15 is 0 Å². The molecule has 2 aromatic carbocycles. The summed E-state index contributed by atoms with van der Waals surface area (Å²) >= 11 is 0. The largest absolute Gasteiger partial charge is 0.489 e. The average molecular weight is 375 g/mol. The molecule has 1 heterocycles. The Morgan fingerprint density at radius 1 is 0.929 bits per heavy atom. The number of hydrazone groups is 1. The summed E-state index contributed by atoms with van der Waals surface area (Å²) in [7, 11) is 0. The smallest absolute Gasteiger partial charge is 0.277 e. The molecule has 142 valence electrons. The molecule has 1 N–H and O–H groups in total. The Morgan fingerprint density at radius 3 is 2.25 bits per heavy atom. The summed E-state index contributed by atoms with van der Waals surface area (Å²) in [5.74, 6) is 0.980. The maximum Gasteiger partial charge on any atom is 0.277 e. The quantitative estimate of drug-likeness (QED) is 0.482. The molecule has 1 amide bonds. The van der Waals surface area contributed by atoms with Crippen molar-refractivity contribution in [2.45, 2.75) is 13.5 Å². The van der Waals surface area contributed by atoms with Crippen LogP contribution in [0.15, 0.2) is 84.2 Å². The van der Waals surface area contributed by atoms with Gasteiger partial charge in [0.05, 0.1) is 5.71 Å². The molecule has 6 nitrogen and oxygen atoms in total. The predicted molar refractivity (Wildman–Crippen MR) is 107 cm³/mol. The number of amides is 1. The zero-order valence-corrected chi connectivity index (χ0v) is 15.5. The second-order valence-electron chi connectivity index (χ2n) is 6.00. The number of carbonyl (C=O) groups is 1. The molecule has 0 aliphatic heterocycles.